The van der Waals surface area contributed by atoms with Crippen LogP contribution in [0.4, 0.5) is 0 Å². The third kappa shape index (κ3) is 2.88. The third-order valence-corrected chi connectivity index (χ3v) is 3.85. The highest BCUT2D eigenvalue weighted by atomic mass is 127. The van der Waals surface area contributed by atoms with Crippen LogP contribution in [0.15, 0.2) is 60.7 Å². The van der Waals surface area contributed by atoms with Crippen LogP contribution in [-0.2, 0) is 6.61 Å². The van der Waals surface area contributed by atoms with Crippen molar-refractivity contribution in [3.8, 4) is 11.5 Å². The zero-order valence-corrected chi connectivity index (χ0v) is 12.9. The van der Waals surface area contributed by atoms with Crippen molar-refractivity contribution in [1.29, 1.82) is 0 Å². The number of aromatic hydroxyl groups is 1. The van der Waals surface area contributed by atoms with Crippen LogP contribution < -0.4 is 4.74 Å². The standard InChI is InChI=1S/C17H13IO2/c18-15-7-5-12(6-8-15)11-20-17-10-14-4-2-1-3-13(14)9-16(17)19/h1-10,19H,11H2. The fourth-order valence-electron chi connectivity index (χ4n) is 2.06. The first-order chi connectivity index (χ1) is 9.72. The van der Waals surface area contributed by atoms with Gasteiger partial charge in [0, 0.05) is 3.57 Å². The summed E-state index contributed by atoms with van der Waals surface area (Å²) in [6, 6.07) is 19.6. The van der Waals surface area contributed by atoms with Crippen LogP contribution in [0.2, 0.25) is 0 Å². The van der Waals surface area contributed by atoms with Crippen molar-refractivity contribution in [2.45, 2.75) is 6.61 Å². The molecule has 3 rings (SSSR count). The molecule has 0 atom stereocenters. The monoisotopic (exact) mass is 376 g/mol. The average molecular weight is 376 g/mol. The molecule has 0 saturated heterocycles. The van der Waals surface area contributed by atoms with E-state index in [1.54, 1.807) is 6.07 Å². The first kappa shape index (κ1) is 13.2. The number of rotatable bonds is 3. The van der Waals surface area contributed by atoms with E-state index in [0.717, 1.165) is 16.3 Å². The summed E-state index contributed by atoms with van der Waals surface area (Å²) in [5.74, 6) is 0.691. The van der Waals surface area contributed by atoms with Gasteiger partial charge in [0.25, 0.3) is 0 Å². The molecule has 1 N–H and O–H groups in total. The van der Waals surface area contributed by atoms with Crippen LogP contribution in [0, 0.1) is 3.57 Å². The molecule has 0 spiro atoms. The Kier molecular flexibility index (Phi) is 3.78. The van der Waals surface area contributed by atoms with E-state index in [4.69, 9.17) is 4.74 Å². The molecule has 0 unspecified atom stereocenters. The number of hydrogen-bond acceptors (Lipinski definition) is 2. The summed E-state index contributed by atoms with van der Waals surface area (Å²) in [7, 11) is 0. The molecule has 0 aliphatic carbocycles. The van der Waals surface area contributed by atoms with E-state index < -0.39 is 0 Å². The van der Waals surface area contributed by atoms with Gasteiger partial charge in [-0.15, -0.1) is 0 Å². The molecule has 0 aliphatic heterocycles. The van der Waals surface area contributed by atoms with Crippen molar-refractivity contribution in [1.82, 2.24) is 0 Å². The van der Waals surface area contributed by atoms with Crippen LogP contribution in [0.25, 0.3) is 10.8 Å². The molecule has 0 saturated carbocycles. The van der Waals surface area contributed by atoms with Crippen LogP contribution in [0.3, 0.4) is 0 Å². The predicted molar refractivity (Wildman–Crippen MR) is 89.1 cm³/mol. The fraction of sp³-hybridized carbons (Fsp3) is 0.0588. The summed E-state index contributed by atoms with van der Waals surface area (Å²) in [4.78, 5) is 0. The molecule has 20 heavy (non-hydrogen) atoms. The highest BCUT2D eigenvalue weighted by molar-refractivity contribution is 14.1. The van der Waals surface area contributed by atoms with E-state index in [1.807, 2.05) is 54.6 Å². The van der Waals surface area contributed by atoms with E-state index in [2.05, 4.69) is 22.6 Å². The van der Waals surface area contributed by atoms with Crippen LogP contribution in [0.5, 0.6) is 11.5 Å². The molecule has 0 amide bonds. The first-order valence-electron chi connectivity index (χ1n) is 6.31. The second kappa shape index (κ2) is 5.71. The van der Waals surface area contributed by atoms with Gasteiger partial charge < -0.3 is 9.84 Å². The molecule has 0 aromatic heterocycles. The van der Waals surface area contributed by atoms with E-state index in [-0.39, 0.29) is 5.75 Å². The minimum atomic E-state index is 0.175. The van der Waals surface area contributed by atoms with Crippen molar-refractivity contribution in [2.24, 2.45) is 0 Å². The van der Waals surface area contributed by atoms with Crippen molar-refractivity contribution >= 4 is 33.4 Å². The molecule has 3 heteroatoms. The Balaban J connectivity index is 1.83. The Hall–Kier alpha value is -1.75. The second-order valence-electron chi connectivity index (χ2n) is 4.58. The molecule has 0 bridgehead atoms. The lowest BCUT2D eigenvalue weighted by Gasteiger charge is -2.09. The van der Waals surface area contributed by atoms with Gasteiger partial charge >= 0.3 is 0 Å². The van der Waals surface area contributed by atoms with Gasteiger partial charge in [0.05, 0.1) is 0 Å². The van der Waals surface area contributed by atoms with Gasteiger partial charge in [-0.05, 0) is 63.2 Å². The van der Waals surface area contributed by atoms with E-state index in [0.29, 0.717) is 12.4 Å². The highest BCUT2D eigenvalue weighted by Gasteiger charge is 2.05. The number of ether oxygens (including phenoxy) is 1. The summed E-state index contributed by atoms with van der Waals surface area (Å²) in [6.45, 7) is 0.447. The minimum absolute atomic E-state index is 0.175. The molecule has 0 fully saturated rings. The molecular formula is C17H13IO2. The van der Waals surface area contributed by atoms with Gasteiger partial charge in [-0.1, -0.05) is 36.4 Å². The van der Waals surface area contributed by atoms with Gasteiger partial charge in [0.2, 0.25) is 0 Å². The summed E-state index contributed by atoms with van der Waals surface area (Å²) in [5, 5.41) is 12.1. The van der Waals surface area contributed by atoms with Gasteiger partial charge in [-0.2, -0.15) is 0 Å². The predicted octanol–water partition coefficient (Wildman–Crippen LogP) is 4.73. The van der Waals surface area contributed by atoms with Crippen LogP contribution >= 0.6 is 22.6 Å². The molecule has 0 radical (unpaired) electrons. The van der Waals surface area contributed by atoms with Gasteiger partial charge in [0.15, 0.2) is 11.5 Å². The lowest BCUT2D eigenvalue weighted by atomic mass is 10.1. The Labute approximate surface area is 131 Å². The van der Waals surface area contributed by atoms with Gasteiger partial charge in [-0.25, -0.2) is 0 Å². The van der Waals surface area contributed by atoms with Crippen molar-refractivity contribution in [3.05, 3.63) is 69.8 Å². The number of hydrogen-bond donors (Lipinski definition) is 1. The molecule has 3 aromatic carbocycles. The molecule has 0 heterocycles. The minimum Gasteiger partial charge on any atom is -0.504 e. The average Bonchev–Trinajstić information content (AvgIpc) is 2.47. The van der Waals surface area contributed by atoms with Crippen LogP contribution in [0.1, 0.15) is 5.56 Å². The first-order valence-corrected chi connectivity index (χ1v) is 7.39. The van der Waals surface area contributed by atoms with Gasteiger partial charge in [0.1, 0.15) is 6.61 Å². The summed E-state index contributed by atoms with van der Waals surface area (Å²) >= 11 is 2.27. The zero-order valence-electron chi connectivity index (χ0n) is 10.7. The lowest BCUT2D eigenvalue weighted by molar-refractivity contribution is 0.289. The summed E-state index contributed by atoms with van der Waals surface area (Å²) in [5.41, 5.74) is 1.08. The largest absolute Gasteiger partial charge is 0.504 e. The van der Waals surface area contributed by atoms with E-state index >= 15 is 0 Å². The molecule has 0 aliphatic rings. The van der Waals surface area contributed by atoms with E-state index in [1.165, 1.54) is 3.57 Å². The number of phenolic OH excluding ortho intramolecular Hbond substituents is 1. The summed E-state index contributed by atoms with van der Waals surface area (Å²) < 4.78 is 6.91. The quantitative estimate of drug-likeness (QED) is 0.670. The SMILES string of the molecule is Oc1cc2ccccc2cc1OCc1ccc(I)cc1. The Bertz CT molecular complexity index is 736. The Morgan fingerprint density at radius 1 is 0.900 bits per heavy atom. The number of phenols is 1. The Morgan fingerprint density at radius 2 is 1.55 bits per heavy atom. The highest BCUT2D eigenvalue weighted by Crippen LogP contribution is 2.31. The molecule has 2 nitrogen and oxygen atoms in total. The number of benzene rings is 3. The maximum Gasteiger partial charge on any atom is 0.162 e. The maximum absolute atomic E-state index is 10.0. The van der Waals surface area contributed by atoms with Crippen molar-refractivity contribution in [2.75, 3.05) is 0 Å². The number of fused-ring (bicyclic) bond motifs is 1. The third-order valence-electron chi connectivity index (χ3n) is 3.13. The van der Waals surface area contributed by atoms with E-state index in [9.17, 15) is 5.11 Å². The lowest BCUT2D eigenvalue weighted by Crippen LogP contribution is -1.95. The number of halogens is 1. The topological polar surface area (TPSA) is 29.5 Å². The van der Waals surface area contributed by atoms with Crippen molar-refractivity contribution in [3.63, 3.8) is 0 Å². The van der Waals surface area contributed by atoms with Crippen LogP contribution in [-0.4, -0.2) is 5.11 Å². The molecule has 100 valence electrons. The van der Waals surface area contributed by atoms with Gasteiger partial charge in [-0.3, -0.25) is 0 Å². The maximum atomic E-state index is 10.0. The zero-order chi connectivity index (χ0) is 13.9. The summed E-state index contributed by atoms with van der Waals surface area (Å²) in [6.07, 6.45) is 0. The second-order valence-corrected chi connectivity index (χ2v) is 5.83. The fourth-order valence-corrected chi connectivity index (χ4v) is 2.42. The normalized spacial score (nSPS) is 10.7. The molecular weight excluding hydrogens is 363 g/mol. The molecule has 3 aromatic rings. The smallest absolute Gasteiger partial charge is 0.162 e. The Morgan fingerprint density at radius 3 is 2.25 bits per heavy atom. The van der Waals surface area contributed by atoms with Crippen molar-refractivity contribution < 1.29 is 9.84 Å².